The number of nitriles is 1. The number of aromatic amines is 1. The molecule has 2 aromatic rings. The lowest BCUT2D eigenvalue weighted by Crippen LogP contribution is -2.32. The number of aromatic nitrogens is 2. The quantitative estimate of drug-likeness (QED) is 0.882. The van der Waals surface area contributed by atoms with E-state index >= 15 is 0 Å². The number of pyridine rings is 1. The van der Waals surface area contributed by atoms with Gasteiger partial charge in [-0.25, -0.2) is 4.98 Å². The second kappa shape index (κ2) is 7.91. The van der Waals surface area contributed by atoms with Crippen molar-refractivity contribution < 1.29 is 4.79 Å². The van der Waals surface area contributed by atoms with E-state index in [0.29, 0.717) is 23.8 Å². The van der Waals surface area contributed by atoms with Gasteiger partial charge in [0.2, 0.25) is 0 Å². The van der Waals surface area contributed by atoms with Crippen LogP contribution in [0.15, 0.2) is 30.6 Å². The smallest absolute Gasteiger partial charge is 0.255 e. The standard InChI is InChI=1S/C19H24N6O/c1-24(2)18-6-5-16(13-22-18)23-15-4-3-8-25(9-7-15)19(26)14-10-17(11-20)21-12-14/h5-6,10,12-13,15,21,23H,3-4,7-9H2,1-2H3/t15-/m0/s1. The fourth-order valence-corrected chi connectivity index (χ4v) is 3.18. The van der Waals surface area contributed by atoms with E-state index in [9.17, 15) is 4.79 Å². The highest BCUT2D eigenvalue weighted by Gasteiger charge is 2.22. The Morgan fingerprint density at radius 2 is 2.23 bits per heavy atom. The Hall–Kier alpha value is -3.01. The van der Waals surface area contributed by atoms with E-state index in [4.69, 9.17) is 5.26 Å². The first-order valence-corrected chi connectivity index (χ1v) is 8.84. The van der Waals surface area contributed by atoms with Gasteiger partial charge in [0.05, 0.1) is 17.4 Å². The Bertz CT molecular complexity index is 789. The average Bonchev–Trinajstić information content (AvgIpc) is 3.01. The summed E-state index contributed by atoms with van der Waals surface area (Å²) in [5.74, 6) is 0.914. The summed E-state index contributed by atoms with van der Waals surface area (Å²) in [5.41, 5.74) is 1.97. The molecule has 7 nitrogen and oxygen atoms in total. The first-order chi connectivity index (χ1) is 12.6. The van der Waals surface area contributed by atoms with Gasteiger partial charge in [0.1, 0.15) is 17.6 Å². The summed E-state index contributed by atoms with van der Waals surface area (Å²) >= 11 is 0. The zero-order valence-corrected chi connectivity index (χ0v) is 15.2. The summed E-state index contributed by atoms with van der Waals surface area (Å²) in [6.45, 7) is 1.44. The van der Waals surface area contributed by atoms with Gasteiger partial charge in [-0.1, -0.05) is 0 Å². The molecule has 26 heavy (non-hydrogen) atoms. The summed E-state index contributed by atoms with van der Waals surface area (Å²) < 4.78 is 0. The average molecular weight is 352 g/mol. The molecule has 0 bridgehead atoms. The molecule has 0 spiro atoms. The van der Waals surface area contributed by atoms with Gasteiger partial charge in [-0.05, 0) is 37.5 Å². The highest BCUT2D eigenvalue weighted by atomic mass is 16.2. The molecule has 0 radical (unpaired) electrons. The van der Waals surface area contributed by atoms with Crippen LogP contribution in [0.3, 0.4) is 0 Å². The second-order valence-electron chi connectivity index (χ2n) is 6.78. The molecule has 7 heteroatoms. The molecular formula is C19H24N6O. The van der Waals surface area contributed by atoms with E-state index in [1.54, 1.807) is 12.3 Å². The van der Waals surface area contributed by atoms with Crippen LogP contribution in [0.4, 0.5) is 11.5 Å². The molecule has 1 aliphatic heterocycles. The maximum atomic E-state index is 12.6. The van der Waals surface area contributed by atoms with Crippen molar-refractivity contribution in [1.82, 2.24) is 14.9 Å². The van der Waals surface area contributed by atoms with Gasteiger partial charge in [0.25, 0.3) is 5.91 Å². The number of nitrogens with zero attached hydrogens (tertiary/aromatic N) is 4. The van der Waals surface area contributed by atoms with Crippen LogP contribution in [0.2, 0.25) is 0 Å². The third kappa shape index (κ3) is 4.14. The predicted molar refractivity (Wildman–Crippen MR) is 101 cm³/mol. The Kier molecular flexibility index (Phi) is 5.42. The number of amides is 1. The maximum absolute atomic E-state index is 12.6. The topological polar surface area (TPSA) is 88.0 Å². The lowest BCUT2D eigenvalue weighted by molar-refractivity contribution is 0.0761. The number of nitrogens with one attached hydrogen (secondary N) is 2. The molecule has 3 heterocycles. The van der Waals surface area contributed by atoms with Crippen molar-refractivity contribution in [2.24, 2.45) is 0 Å². The Balaban J connectivity index is 1.57. The molecule has 2 N–H and O–H groups in total. The lowest BCUT2D eigenvalue weighted by Gasteiger charge is -2.21. The monoisotopic (exact) mass is 352 g/mol. The van der Waals surface area contributed by atoms with E-state index in [-0.39, 0.29) is 5.91 Å². The number of hydrogen-bond acceptors (Lipinski definition) is 5. The van der Waals surface area contributed by atoms with Crippen LogP contribution in [-0.4, -0.2) is 54.0 Å². The molecule has 0 aromatic carbocycles. The fourth-order valence-electron chi connectivity index (χ4n) is 3.18. The Morgan fingerprint density at radius 1 is 1.38 bits per heavy atom. The minimum absolute atomic E-state index is 0.0135. The Labute approximate surface area is 153 Å². The van der Waals surface area contributed by atoms with E-state index in [1.807, 2.05) is 48.3 Å². The first kappa shape index (κ1) is 17.8. The molecule has 0 saturated carbocycles. The van der Waals surface area contributed by atoms with Crippen molar-refractivity contribution in [3.63, 3.8) is 0 Å². The van der Waals surface area contributed by atoms with Crippen molar-refractivity contribution >= 4 is 17.4 Å². The third-order valence-corrected chi connectivity index (χ3v) is 4.64. The van der Waals surface area contributed by atoms with Gasteiger partial charge >= 0.3 is 0 Å². The molecule has 1 atom stereocenters. The zero-order valence-electron chi connectivity index (χ0n) is 15.2. The molecular weight excluding hydrogens is 328 g/mol. The van der Waals surface area contributed by atoms with Gasteiger partial charge in [0.15, 0.2) is 0 Å². The van der Waals surface area contributed by atoms with Crippen molar-refractivity contribution in [1.29, 1.82) is 5.26 Å². The van der Waals surface area contributed by atoms with Crippen molar-refractivity contribution in [2.45, 2.75) is 25.3 Å². The number of anilines is 2. The van der Waals surface area contributed by atoms with Gasteiger partial charge < -0.3 is 20.1 Å². The number of likely N-dealkylation sites (tertiary alicyclic amines) is 1. The molecule has 1 aliphatic rings. The number of carbonyl (C=O) groups is 1. The molecule has 0 aliphatic carbocycles. The summed E-state index contributed by atoms with van der Waals surface area (Å²) in [7, 11) is 3.94. The van der Waals surface area contributed by atoms with Crippen molar-refractivity contribution in [2.75, 3.05) is 37.4 Å². The van der Waals surface area contributed by atoms with Crippen LogP contribution < -0.4 is 10.2 Å². The van der Waals surface area contributed by atoms with Gasteiger partial charge in [-0.15, -0.1) is 0 Å². The lowest BCUT2D eigenvalue weighted by atomic mass is 10.1. The SMILES string of the molecule is CN(C)c1ccc(N[C@H]2CCCN(C(=O)c3c[nH]c(C#N)c3)CC2)cn1. The van der Waals surface area contributed by atoms with Crippen LogP contribution in [0, 0.1) is 11.3 Å². The van der Waals surface area contributed by atoms with Crippen molar-refractivity contribution in [3.05, 3.63) is 41.9 Å². The normalized spacial score (nSPS) is 17.3. The third-order valence-electron chi connectivity index (χ3n) is 4.64. The van der Waals surface area contributed by atoms with E-state index < -0.39 is 0 Å². The van der Waals surface area contributed by atoms with E-state index in [2.05, 4.69) is 15.3 Å². The molecule has 3 rings (SSSR count). The first-order valence-electron chi connectivity index (χ1n) is 8.84. The molecule has 1 saturated heterocycles. The number of carbonyl (C=O) groups excluding carboxylic acids is 1. The predicted octanol–water partition coefficient (Wildman–Crippen LogP) is 2.45. The zero-order chi connectivity index (χ0) is 18.5. The summed E-state index contributed by atoms with van der Waals surface area (Å²) in [4.78, 5) is 23.7. The number of hydrogen-bond donors (Lipinski definition) is 2. The van der Waals surface area contributed by atoms with Crippen LogP contribution in [-0.2, 0) is 0 Å². The minimum atomic E-state index is -0.0135. The van der Waals surface area contributed by atoms with Crippen LogP contribution in [0.25, 0.3) is 0 Å². The highest BCUT2D eigenvalue weighted by Crippen LogP contribution is 2.19. The van der Waals surface area contributed by atoms with E-state index in [1.165, 1.54) is 0 Å². The minimum Gasteiger partial charge on any atom is -0.381 e. The van der Waals surface area contributed by atoms with Crippen LogP contribution in [0.1, 0.15) is 35.3 Å². The number of rotatable bonds is 4. The Morgan fingerprint density at radius 3 is 2.88 bits per heavy atom. The van der Waals surface area contributed by atoms with Crippen molar-refractivity contribution in [3.8, 4) is 6.07 Å². The summed E-state index contributed by atoms with van der Waals surface area (Å²) in [6, 6.07) is 7.98. The molecule has 0 unspecified atom stereocenters. The van der Waals surface area contributed by atoms with Crippen LogP contribution in [0.5, 0.6) is 0 Å². The second-order valence-corrected chi connectivity index (χ2v) is 6.78. The molecule has 1 amide bonds. The molecule has 1 fully saturated rings. The maximum Gasteiger partial charge on any atom is 0.255 e. The molecule has 136 valence electrons. The number of H-pyrrole nitrogens is 1. The fraction of sp³-hybridized carbons (Fsp3) is 0.421. The van der Waals surface area contributed by atoms with Crippen LogP contribution >= 0.6 is 0 Å². The van der Waals surface area contributed by atoms with Gasteiger partial charge in [-0.2, -0.15) is 5.26 Å². The largest absolute Gasteiger partial charge is 0.381 e. The van der Waals surface area contributed by atoms with Gasteiger partial charge in [-0.3, -0.25) is 4.79 Å². The summed E-state index contributed by atoms with van der Waals surface area (Å²) in [6.07, 6.45) is 6.31. The summed E-state index contributed by atoms with van der Waals surface area (Å²) in [5, 5.41) is 12.4. The highest BCUT2D eigenvalue weighted by molar-refractivity contribution is 5.94. The van der Waals surface area contributed by atoms with Gasteiger partial charge in [0, 0.05) is 39.4 Å². The molecule has 2 aromatic heterocycles. The van der Waals surface area contributed by atoms with E-state index in [0.717, 1.165) is 37.3 Å².